The molecule has 0 aliphatic heterocycles. The topological polar surface area (TPSA) is 105 Å². The van der Waals surface area contributed by atoms with Gasteiger partial charge in [0.15, 0.2) is 0 Å². The molecule has 1 aromatic carbocycles. The summed E-state index contributed by atoms with van der Waals surface area (Å²) in [5, 5.41) is 0. The van der Waals surface area contributed by atoms with Crippen molar-refractivity contribution >= 4 is 25.7 Å². The maximum atomic E-state index is 12.6. The fourth-order valence-electron chi connectivity index (χ4n) is 2.15. The molecule has 128 valence electrons. The first-order valence-corrected chi connectivity index (χ1v) is 10.4. The summed E-state index contributed by atoms with van der Waals surface area (Å²) in [5.41, 5.74) is 0.308. The smallest absolute Gasteiger partial charge is 0.263 e. The third-order valence-corrected chi connectivity index (χ3v) is 6.67. The van der Waals surface area contributed by atoms with Gasteiger partial charge in [-0.15, -0.1) is 0 Å². The van der Waals surface area contributed by atoms with Gasteiger partial charge >= 0.3 is 0 Å². The van der Waals surface area contributed by atoms with Crippen molar-refractivity contribution in [2.75, 3.05) is 11.3 Å². The lowest BCUT2D eigenvalue weighted by Gasteiger charge is -2.13. The van der Waals surface area contributed by atoms with E-state index in [1.165, 1.54) is 48.8 Å². The predicted molar refractivity (Wildman–Crippen MR) is 89.4 cm³/mol. The maximum Gasteiger partial charge on any atom is 0.263 e. The summed E-state index contributed by atoms with van der Waals surface area (Å²) in [6, 6.07) is 8.52. The van der Waals surface area contributed by atoms with Crippen LogP contribution in [-0.4, -0.2) is 28.4 Å². The van der Waals surface area contributed by atoms with E-state index < -0.39 is 20.0 Å². The average Bonchev–Trinajstić information content (AvgIpc) is 3.38. The van der Waals surface area contributed by atoms with E-state index in [1.54, 1.807) is 0 Å². The number of pyridine rings is 1. The fourth-order valence-corrected chi connectivity index (χ4v) is 5.16. The highest BCUT2D eigenvalue weighted by Crippen LogP contribution is 2.29. The van der Waals surface area contributed by atoms with Crippen LogP contribution in [0.15, 0.2) is 58.6 Å². The van der Waals surface area contributed by atoms with Crippen LogP contribution in [0.1, 0.15) is 12.8 Å². The summed E-state index contributed by atoms with van der Waals surface area (Å²) >= 11 is 0. The Bertz CT molecular complexity index is 924. The van der Waals surface area contributed by atoms with Crippen molar-refractivity contribution in [1.29, 1.82) is 0 Å². The third kappa shape index (κ3) is 3.92. The molecule has 0 unspecified atom stereocenters. The monoisotopic (exact) mass is 367 g/mol. The van der Waals surface area contributed by atoms with Gasteiger partial charge in [0.2, 0.25) is 10.0 Å². The highest BCUT2D eigenvalue weighted by molar-refractivity contribution is 7.94. The van der Waals surface area contributed by atoms with Crippen molar-refractivity contribution in [2.45, 2.75) is 22.6 Å². The second-order valence-electron chi connectivity index (χ2n) is 5.58. The molecule has 3 rings (SSSR count). The van der Waals surface area contributed by atoms with E-state index in [1.807, 2.05) is 0 Å². The summed E-state index contributed by atoms with van der Waals surface area (Å²) in [4.78, 5) is 3.27. The molecule has 0 spiro atoms. The van der Waals surface area contributed by atoms with Crippen molar-refractivity contribution in [3.05, 3.63) is 48.8 Å². The minimum absolute atomic E-state index is 0.257. The average molecular weight is 367 g/mol. The number of aromatic nitrogens is 1. The first kappa shape index (κ1) is 16.9. The van der Waals surface area contributed by atoms with Gasteiger partial charge in [-0.05, 0) is 43.0 Å². The summed E-state index contributed by atoms with van der Waals surface area (Å²) in [6.45, 7) is 0.328. The van der Waals surface area contributed by atoms with Crippen LogP contribution in [0.2, 0.25) is 0 Å². The number of anilines is 1. The second-order valence-corrected chi connectivity index (χ2v) is 8.97. The highest BCUT2D eigenvalue weighted by atomic mass is 32.2. The van der Waals surface area contributed by atoms with Gasteiger partial charge < -0.3 is 0 Å². The maximum absolute atomic E-state index is 12.6. The molecule has 1 aliphatic carbocycles. The number of rotatable bonds is 7. The molecule has 2 aromatic rings. The van der Waals surface area contributed by atoms with Gasteiger partial charge in [-0.2, -0.15) is 0 Å². The molecule has 0 atom stereocenters. The Morgan fingerprint density at radius 1 is 0.917 bits per heavy atom. The van der Waals surface area contributed by atoms with Crippen LogP contribution in [-0.2, 0) is 20.0 Å². The molecule has 0 saturated heterocycles. The zero-order valence-electron chi connectivity index (χ0n) is 12.7. The third-order valence-electron chi connectivity index (χ3n) is 3.62. The summed E-state index contributed by atoms with van der Waals surface area (Å²) in [6.07, 6.45) is 4.87. The Kier molecular flexibility index (Phi) is 4.57. The highest BCUT2D eigenvalue weighted by Gasteiger charge is 2.29. The summed E-state index contributed by atoms with van der Waals surface area (Å²) in [7, 11) is -7.95. The van der Waals surface area contributed by atoms with E-state index in [-0.39, 0.29) is 9.79 Å². The molecule has 1 aromatic heterocycles. The van der Waals surface area contributed by atoms with Crippen LogP contribution in [0, 0.1) is 5.92 Å². The molecule has 1 fully saturated rings. The van der Waals surface area contributed by atoms with Crippen molar-refractivity contribution in [3.63, 3.8) is 0 Å². The molecule has 1 saturated carbocycles. The Hall–Kier alpha value is -1.97. The van der Waals surface area contributed by atoms with Gasteiger partial charge in [-0.25, -0.2) is 21.6 Å². The lowest BCUT2D eigenvalue weighted by Crippen LogP contribution is -2.28. The van der Waals surface area contributed by atoms with Crippen LogP contribution in [0.25, 0.3) is 0 Å². The molecule has 0 amide bonds. The van der Waals surface area contributed by atoms with Crippen LogP contribution < -0.4 is 9.44 Å². The van der Waals surface area contributed by atoms with Gasteiger partial charge in [0.05, 0.1) is 5.69 Å². The molecule has 24 heavy (non-hydrogen) atoms. The molecule has 2 N–H and O–H groups in total. The van der Waals surface area contributed by atoms with E-state index >= 15 is 0 Å². The van der Waals surface area contributed by atoms with Crippen molar-refractivity contribution in [1.82, 2.24) is 9.71 Å². The van der Waals surface area contributed by atoms with Gasteiger partial charge in [-0.3, -0.25) is 9.71 Å². The standard InChI is InChI=1S/C15H17N3O4S2/c19-23(20,17-11-12-5-6-12)14-3-1-2-4-15(14)24(21,22)18-13-7-9-16-10-8-13/h1-4,7-10,12,17H,5-6,11H2,(H,16,18). The number of nitrogens with zero attached hydrogens (tertiary/aromatic N) is 1. The lowest BCUT2D eigenvalue weighted by atomic mass is 10.4. The van der Waals surface area contributed by atoms with Crippen molar-refractivity contribution < 1.29 is 16.8 Å². The molecule has 0 radical (unpaired) electrons. The van der Waals surface area contributed by atoms with E-state index in [9.17, 15) is 16.8 Å². The number of nitrogens with one attached hydrogen (secondary N) is 2. The number of sulfonamides is 2. The zero-order chi connectivity index (χ0) is 17.2. The molecule has 1 heterocycles. The fraction of sp³-hybridized carbons (Fsp3) is 0.267. The molecular weight excluding hydrogens is 350 g/mol. The van der Waals surface area contributed by atoms with Gasteiger partial charge in [0.1, 0.15) is 9.79 Å². The van der Waals surface area contributed by atoms with Crippen LogP contribution >= 0.6 is 0 Å². The van der Waals surface area contributed by atoms with E-state index in [2.05, 4.69) is 14.4 Å². The van der Waals surface area contributed by atoms with Crippen LogP contribution in [0.4, 0.5) is 5.69 Å². The Morgan fingerprint density at radius 3 is 2.08 bits per heavy atom. The largest absolute Gasteiger partial charge is 0.279 e. The summed E-state index contributed by atoms with van der Waals surface area (Å²) < 4.78 is 55.0. The Morgan fingerprint density at radius 2 is 1.50 bits per heavy atom. The Balaban J connectivity index is 1.93. The molecule has 0 bridgehead atoms. The number of hydrogen-bond donors (Lipinski definition) is 2. The van der Waals surface area contributed by atoms with Crippen molar-refractivity contribution in [3.8, 4) is 0 Å². The first-order valence-electron chi connectivity index (χ1n) is 7.40. The lowest BCUT2D eigenvalue weighted by molar-refractivity contribution is 0.571. The molecule has 9 heteroatoms. The molecule has 1 aliphatic rings. The van der Waals surface area contributed by atoms with Gasteiger partial charge in [-0.1, -0.05) is 12.1 Å². The number of hydrogen-bond acceptors (Lipinski definition) is 5. The Labute approximate surface area is 141 Å². The van der Waals surface area contributed by atoms with E-state index in [0.29, 0.717) is 18.2 Å². The van der Waals surface area contributed by atoms with Gasteiger partial charge in [0, 0.05) is 18.9 Å². The van der Waals surface area contributed by atoms with Crippen LogP contribution in [0.3, 0.4) is 0 Å². The molecule has 7 nitrogen and oxygen atoms in total. The predicted octanol–water partition coefficient (Wildman–Crippen LogP) is 1.57. The summed E-state index contributed by atoms with van der Waals surface area (Å²) in [5.74, 6) is 0.346. The van der Waals surface area contributed by atoms with Crippen molar-refractivity contribution in [2.24, 2.45) is 5.92 Å². The second kappa shape index (κ2) is 6.50. The minimum Gasteiger partial charge on any atom is -0.279 e. The van der Waals surface area contributed by atoms with E-state index in [4.69, 9.17) is 0 Å². The number of benzene rings is 1. The minimum atomic E-state index is -4.05. The van der Waals surface area contributed by atoms with E-state index in [0.717, 1.165) is 12.8 Å². The molecular formula is C15H17N3O4S2. The normalized spacial score (nSPS) is 15.2. The zero-order valence-corrected chi connectivity index (χ0v) is 14.3. The quantitative estimate of drug-likeness (QED) is 0.773. The van der Waals surface area contributed by atoms with Gasteiger partial charge in [0.25, 0.3) is 10.0 Å². The van der Waals surface area contributed by atoms with Crippen LogP contribution in [0.5, 0.6) is 0 Å². The SMILES string of the molecule is O=S(=O)(NCC1CC1)c1ccccc1S(=O)(=O)Nc1ccncc1. The first-order chi connectivity index (χ1) is 11.4.